The zero-order valence-electron chi connectivity index (χ0n) is 9.08. The van der Waals surface area contributed by atoms with Gasteiger partial charge in [0.25, 0.3) is 0 Å². The summed E-state index contributed by atoms with van der Waals surface area (Å²) >= 11 is 0. The SMILES string of the molecule is N#Cc1c(F)cc(OC2CCCCO2)cc1F. The molecule has 0 bridgehead atoms. The van der Waals surface area contributed by atoms with Gasteiger partial charge in [-0.1, -0.05) is 0 Å². The Labute approximate surface area is 97.6 Å². The zero-order chi connectivity index (χ0) is 12.3. The maximum Gasteiger partial charge on any atom is 0.199 e. The van der Waals surface area contributed by atoms with Crippen LogP contribution in [0.3, 0.4) is 0 Å². The predicted octanol–water partition coefficient (Wildman–Crippen LogP) is 2.74. The third kappa shape index (κ3) is 2.71. The van der Waals surface area contributed by atoms with E-state index in [9.17, 15) is 8.78 Å². The lowest BCUT2D eigenvalue weighted by molar-refractivity contribution is -0.106. The van der Waals surface area contributed by atoms with Crippen molar-refractivity contribution >= 4 is 0 Å². The molecule has 0 aliphatic carbocycles. The topological polar surface area (TPSA) is 42.2 Å². The summed E-state index contributed by atoms with van der Waals surface area (Å²) in [5.74, 6) is -1.79. The van der Waals surface area contributed by atoms with Gasteiger partial charge in [0.05, 0.1) is 6.61 Å². The van der Waals surface area contributed by atoms with E-state index in [0.29, 0.717) is 13.0 Å². The van der Waals surface area contributed by atoms with Crippen LogP contribution < -0.4 is 4.74 Å². The highest BCUT2D eigenvalue weighted by atomic mass is 19.1. The van der Waals surface area contributed by atoms with Gasteiger partial charge in [-0.25, -0.2) is 8.78 Å². The number of hydrogen-bond acceptors (Lipinski definition) is 3. The molecule has 1 aromatic rings. The van der Waals surface area contributed by atoms with Crippen molar-refractivity contribution in [2.45, 2.75) is 25.6 Å². The van der Waals surface area contributed by atoms with Crippen LogP contribution >= 0.6 is 0 Å². The van der Waals surface area contributed by atoms with Gasteiger partial charge in [-0.3, -0.25) is 0 Å². The number of rotatable bonds is 2. The number of halogens is 2. The predicted molar refractivity (Wildman–Crippen MR) is 55.3 cm³/mol. The molecule has 5 heteroatoms. The first-order chi connectivity index (χ1) is 8.20. The van der Waals surface area contributed by atoms with E-state index in [1.165, 1.54) is 6.07 Å². The molecule has 0 spiro atoms. The molecule has 1 atom stereocenters. The molecule has 17 heavy (non-hydrogen) atoms. The summed E-state index contributed by atoms with van der Waals surface area (Å²) < 4.78 is 37.2. The van der Waals surface area contributed by atoms with Crippen LogP contribution in [0.25, 0.3) is 0 Å². The summed E-state index contributed by atoms with van der Waals surface area (Å²) in [4.78, 5) is 0. The van der Waals surface area contributed by atoms with E-state index in [1.54, 1.807) is 0 Å². The van der Waals surface area contributed by atoms with E-state index in [4.69, 9.17) is 14.7 Å². The van der Waals surface area contributed by atoms with E-state index in [1.807, 2.05) is 0 Å². The second kappa shape index (κ2) is 5.11. The summed E-state index contributed by atoms with van der Waals surface area (Å²) in [5, 5.41) is 8.52. The summed E-state index contributed by atoms with van der Waals surface area (Å²) in [6.45, 7) is 0.589. The van der Waals surface area contributed by atoms with E-state index in [-0.39, 0.29) is 5.75 Å². The van der Waals surface area contributed by atoms with Crippen molar-refractivity contribution in [2.75, 3.05) is 6.61 Å². The summed E-state index contributed by atoms with van der Waals surface area (Å²) in [6, 6.07) is 3.46. The van der Waals surface area contributed by atoms with E-state index >= 15 is 0 Å². The van der Waals surface area contributed by atoms with Crippen molar-refractivity contribution in [3.05, 3.63) is 29.3 Å². The Hall–Kier alpha value is -1.67. The van der Waals surface area contributed by atoms with E-state index in [0.717, 1.165) is 25.0 Å². The van der Waals surface area contributed by atoms with Gasteiger partial charge in [0, 0.05) is 18.6 Å². The average molecular weight is 239 g/mol. The first-order valence-electron chi connectivity index (χ1n) is 5.38. The minimum Gasteiger partial charge on any atom is -0.465 e. The van der Waals surface area contributed by atoms with Gasteiger partial charge in [-0.2, -0.15) is 5.26 Å². The monoisotopic (exact) mass is 239 g/mol. The zero-order valence-corrected chi connectivity index (χ0v) is 9.08. The molecular weight excluding hydrogens is 228 g/mol. The molecule has 0 N–H and O–H groups in total. The van der Waals surface area contributed by atoms with Crippen molar-refractivity contribution in [1.82, 2.24) is 0 Å². The van der Waals surface area contributed by atoms with Gasteiger partial charge in [-0.05, 0) is 12.8 Å². The molecule has 2 rings (SSSR count). The van der Waals surface area contributed by atoms with Crippen LogP contribution in [-0.4, -0.2) is 12.9 Å². The van der Waals surface area contributed by atoms with Crippen LogP contribution in [0.5, 0.6) is 5.75 Å². The van der Waals surface area contributed by atoms with Crippen molar-refractivity contribution in [1.29, 1.82) is 5.26 Å². The van der Waals surface area contributed by atoms with Crippen molar-refractivity contribution in [3.8, 4) is 11.8 Å². The normalized spacial score (nSPS) is 19.7. The minimum absolute atomic E-state index is 0.0471. The molecule has 1 saturated heterocycles. The summed E-state index contributed by atoms with van der Waals surface area (Å²) in [7, 11) is 0. The molecular formula is C12H11F2NO2. The molecule has 0 amide bonds. The standard InChI is InChI=1S/C12H11F2NO2/c13-10-5-8(6-11(14)9(10)7-15)17-12-3-1-2-4-16-12/h5-6,12H,1-4H2. The van der Waals surface area contributed by atoms with Crippen molar-refractivity contribution in [2.24, 2.45) is 0 Å². The van der Waals surface area contributed by atoms with Gasteiger partial charge in [0.2, 0.25) is 0 Å². The van der Waals surface area contributed by atoms with Gasteiger partial charge in [0.15, 0.2) is 6.29 Å². The summed E-state index contributed by atoms with van der Waals surface area (Å²) in [6.07, 6.45) is 2.17. The van der Waals surface area contributed by atoms with Crippen LogP contribution in [0.1, 0.15) is 24.8 Å². The molecule has 1 aliphatic rings. The minimum atomic E-state index is -0.918. The molecule has 0 saturated carbocycles. The molecule has 1 unspecified atom stereocenters. The lowest BCUT2D eigenvalue weighted by Crippen LogP contribution is -2.25. The van der Waals surface area contributed by atoms with E-state index < -0.39 is 23.5 Å². The van der Waals surface area contributed by atoms with Gasteiger partial charge in [-0.15, -0.1) is 0 Å². The Kier molecular flexibility index (Phi) is 3.55. The quantitative estimate of drug-likeness (QED) is 0.796. The molecule has 90 valence electrons. The third-order valence-corrected chi connectivity index (χ3v) is 2.53. The summed E-state index contributed by atoms with van der Waals surface area (Å²) in [5.41, 5.74) is -0.595. The number of hydrogen-bond donors (Lipinski definition) is 0. The number of ether oxygens (including phenoxy) is 2. The number of nitriles is 1. The largest absolute Gasteiger partial charge is 0.465 e. The molecule has 0 radical (unpaired) electrons. The average Bonchev–Trinajstić information content (AvgIpc) is 2.30. The lowest BCUT2D eigenvalue weighted by atomic mass is 10.2. The molecule has 1 aromatic carbocycles. The van der Waals surface area contributed by atoms with Crippen molar-refractivity contribution in [3.63, 3.8) is 0 Å². The van der Waals surface area contributed by atoms with Crippen LogP contribution in [-0.2, 0) is 4.74 Å². The maximum atomic E-state index is 13.3. The Bertz CT molecular complexity index is 427. The molecule has 1 heterocycles. The first kappa shape index (κ1) is 11.8. The van der Waals surface area contributed by atoms with E-state index in [2.05, 4.69) is 0 Å². The smallest absolute Gasteiger partial charge is 0.199 e. The van der Waals surface area contributed by atoms with Crippen LogP contribution in [0.2, 0.25) is 0 Å². The lowest BCUT2D eigenvalue weighted by Gasteiger charge is -2.23. The van der Waals surface area contributed by atoms with Gasteiger partial charge >= 0.3 is 0 Å². The highest BCUT2D eigenvalue weighted by Gasteiger charge is 2.17. The maximum absolute atomic E-state index is 13.3. The van der Waals surface area contributed by atoms with Crippen LogP contribution in [0.4, 0.5) is 8.78 Å². The highest BCUT2D eigenvalue weighted by molar-refractivity contribution is 5.37. The number of benzene rings is 1. The molecule has 1 aliphatic heterocycles. The number of nitrogens with zero attached hydrogens (tertiary/aromatic N) is 1. The second-order valence-electron chi connectivity index (χ2n) is 3.79. The highest BCUT2D eigenvalue weighted by Crippen LogP contribution is 2.23. The Morgan fingerprint density at radius 1 is 1.29 bits per heavy atom. The van der Waals surface area contributed by atoms with Crippen molar-refractivity contribution < 1.29 is 18.3 Å². The molecule has 3 nitrogen and oxygen atoms in total. The molecule has 0 aromatic heterocycles. The van der Waals surface area contributed by atoms with Gasteiger partial charge < -0.3 is 9.47 Å². The Balaban J connectivity index is 2.14. The Morgan fingerprint density at radius 3 is 2.53 bits per heavy atom. The third-order valence-electron chi connectivity index (χ3n) is 2.53. The van der Waals surface area contributed by atoms with Crippen LogP contribution in [0.15, 0.2) is 12.1 Å². The second-order valence-corrected chi connectivity index (χ2v) is 3.79. The Morgan fingerprint density at radius 2 is 2.00 bits per heavy atom. The molecule has 1 fully saturated rings. The fourth-order valence-corrected chi connectivity index (χ4v) is 1.68. The fourth-order valence-electron chi connectivity index (χ4n) is 1.68. The van der Waals surface area contributed by atoms with Crippen LogP contribution in [0, 0.1) is 23.0 Å². The van der Waals surface area contributed by atoms with Gasteiger partial charge in [0.1, 0.15) is 29.0 Å². The fraction of sp³-hybridized carbons (Fsp3) is 0.417. The first-order valence-corrected chi connectivity index (χ1v) is 5.38.